The largest absolute Gasteiger partial charge is 0.273 e. The molecule has 1 aromatic heterocycles. The fraction of sp³-hybridized carbons (Fsp3) is 0.200. The van der Waals surface area contributed by atoms with E-state index in [4.69, 9.17) is 0 Å². The molecule has 0 aliphatic carbocycles. The molecule has 4 heteroatoms. The summed E-state index contributed by atoms with van der Waals surface area (Å²) in [5.74, 6) is 0.657. The molecule has 3 nitrogen and oxygen atoms in total. The van der Waals surface area contributed by atoms with E-state index in [1.54, 1.807) is 4.57 Å². The van der Waals surface area contributed by atoms with Gasteiger partial charge in [0.25, 0.3) is 0 Å². The summed E-state index contributed by atoms with van der Waals surface area (Å²) in [4.78, 5) is 15.9. The Morgan fingerprint density at radius 2 is 2.36 bits per heavy atom. The van der Waals surface area contributed by atoms with Crippen LogP contribution in [0.4, 0.5) is 0 Å². The second-order valence-electron chi connectivity index (χ2n) is 3.40. The highest BCUT2D eigenvalue weighted by Gasteiger charge is 2.23. The first-order valence-electron chi connectivity index (χ1n) is 4.41. The van der Waals surface area contributed by atoms with Gasteiger partial charge in [-0.15, -0.1) is 0 Å². The maximum atomic E-state index is 11.6. The molecule has 0 unspecified atom stereocenters. The van der Waals surface area contributed by atoms with Gasteiger partial charge in [0.1, 0.15) is 0 Å². The molecule has 1 aliphatic rings. The number of rotatable bonds is 0. The number of carbonyl (C=O) groups is 1. The van der Waals surface area contributed by atoms with Crippen LogP contribution in [0.3, 0.4) is 0 Å². The predicted octanol–water partition coefficient (Wildman–Crippen LogP) is 2.09. The Labute approximate surface area is 85.1 Å². The van der Waals surface area contributed by atoms with Gasteiger partial charge in [-0.2, -0.15) is 0 Å². The summed E-state index contributed by atoms with van der Waals surface area (Å²) in [5.41, 5.74) is 3.01. The highest BCUT2D eigenvalue weighted by molar-refractivity contribution is 8.00. The fourth-order valence-electron chi connectivity index (χ4n) is 1.69. The van der Waals surface area contributed by atoms with Crippen LogP contribution in [0.25, 0.3) is 11.0 Å². The molecule has 3 rings (SSSR count). The number of hydrogen-bond acceptors (Lipinski definition) is 3. The summed E-state index contributed by atoms with van der Waals surface area (Å²) in [5, 5.41) is 0.829. The summed E-state index contributed by atoms with van der Waals surface area (Å²) in [7, 11) is 0. The molecule has 1 aromatic carbocycles. The molecule has 0 atom stereocenters. The first kappa shape index (κ1) is 8.05. The molecule has 14 heavy (non-hydrogen) atoms. The van der Waals surface area contributed by atoms with Gasteiger partial charge < -0.3 is 0 Å². The van der Waals surface area contributed by atoms with Crippen molar-refractivity contribution >= 4 is 28.7 Å². The van der Waals surface area contributed by atoms with Crippen molar-refractivity contribution in [1.82, 2.24) is 9.55 Å². The van der Waals surface area contributed by atoms with E-state index in [0.29, 0.717) is 5.75 Å². The Hall–Kier alpha value is -1.29. The lowest BCUT2D eigenvalue weighted by molar-refractivity contribution is 0.0944. The van der Waals surface area contributed by atoms with Crippen molar-refractivity contribution in [3.05, 3.63) is 23.8 Å². The van der Waals surface area contributed by atoms with Crippen molar-refractivity contribution in [3.8, 4) is 0 Å². The minimum atomic E-state index is 0.137. The monoisotopic (exact) mass is 204 g/mol. The minimum Gasteiger partial charge on any atom is -0.273 e. The van der Waals surface area contributed by atoms with Crippen LogP contribution in [-0.2, 0) is 0 Å². The first-order valence-corrected chi connectivity index (χ1v) is 5.39. The number of carbonyl (C=O) groups excluding carboxylic acids is 1. The van der Waals surface area contributed by atoms with Crippen LogP contribution in [0, 0.1) is 6.92 Å². The zero-order valence-corrected chi connectivity index (χ0v) is 8.47. The summed E-state index contributed by atoms with van der Waals surface area (Å²) < 4.78 is 1.72. The Morgan fingerprint density at radius 3 is 3.21 bits per heavy atom. The van der Waals surface area contributed by atoms with Crippen molar-refractivity contribution < 1.29 is 4.79 Å². The van der Waals surface area contributed by atoms with Crippen LogP contribution in [-0.4, -0.2) is 21.2 Å². The Kier molecular flexibility index (Phi) is 1.50. The zero-order valence-electron chi connectivity index (χ0n) is 7.65. The van der Waals surface area contributed by atoms with Gasteiger partial charge in [-0.05, 0) is 24.6 Å². The topological polar surface area (TPSA) is 34.9 Å². The maximum absolute atomic E-state index is 11.6. The standard InChI is InChI=1S/C10H8N2OS/c1-6-2-3-7-8(4-6)12-9(13)5-14-10(12)11-7/h2-4H,5H2,1H3. The van der Waals surface area contributed by atoms with E-state index in [0.717, 1.165) is 21.8 Å². The number of aryl methyl sites for hydroxylation is 1. The van der Waals surface area contributed by atoms with Gasteiger partial charge in [0.2, 0.25) is 5.91 Å². The molecule has 0 spiro atoms. The number of imidazole rings is 1. The predicted molar refractivity (Wildman–Crippen MR) is 55.8 cm³/mol. The molecule has 2 aromatic rings. The molecule has 0 fully saturated rings. The molecule has 2 heterocycles. The molecule has 70 valence electrons. The maximum Gasteiger partial charge on any atom is 0.243 e. The number of thioether (sulfide) groups is 1. The molecule has 0 bridgehead atoms. The average molecular weight is 204 g/mol. The third-order valence-corrected chi connectivity index (χ3v) is 3.28. The van der Waals surface area contributed by atoms with E-state index in [1.165, 1.54) is 11.8 Å². The van der Waals surface area contributed by atoms with Gasteiger partial charge >= 0.3 is 0 Å². The van der Waals surface area contributed by atoms with Gasteiger partial charge in [-0.25, -0.2) is 4.98 Å². The number of benzene rings is 1. The second-order valence-corrected chi connectivity index (χ2v) is 4.35. The molecular weight excluding hydrogens is 196 g/mol. The van der Waals surface area contributed by atoms with Gasteiger partial charge in [0.15, 0.2) is 5.16 Å². The third-order valence-electron chi connectivity index (χ3n) is 2.35. The summed E-state index contributed by atoms with van der Waals surface area (Å²) in [6.45, 7) is 2.02. The van der Waals surface area contributed by atoms with Gasteiger partial charge in [-0.3, -0.25) is 9.36 Å². The van der Waals surface area contributed by atoms with E-state index in [1.807, 2.05) is 25.1 Å². The van der Waals surface area contributed by atoms with Gasteiger partial charge in [0, 0.05) is 0 Å². The Bertz CT molecular complexity index is 544. The van der Waals surface area contributed by atoms with E-state index >= 15 is 0 Å². The van der Waals surface area contributed by atoms with Crippen LogP contribution >= 0.6 is 11.8 Å². The average Bonchev–Trinajstić information content (AvgIpc) is 2.67. The van der Waals surface area contributed by atoms with Gasteiger partial charge in [-0.1, -0.05) is 17.8 Å². The molecule has 1 aliphatic heterocycles. The third kappa shape index (κ3) is 0.944. The quantitative estimate of drug-likeness (QED) is 0.659. The van der Waals surface area contributed by atoms with Crippen molar-refractivity contribution in [2.75, 3.05) is 5.75 Å². The Balaban J connectivity index is 2.43. The van der Waals surface area contributed by atoms with Crippen molar-refractivity contribution in [3.63, 3.8) is 0 Å². The van der Waals surface area contributed by atoms with Crippen molar-refractivity contribution in [2.24, 2.45) is 0 Å². The van der Waals surface area contributed by atoms with Crippen LogP contribution in [0.2, 0.25) is 0 Å². The molecule has 0 amide bonds. The molecular formula is C10H8N2OS. The number of hydrogen-bond donors (Lipinski definition) is 0. The molecule has 0 saturated heterocycles. The van der Waals surface area contributed by atoms with E-state index in [9.17, 15) is 4.79 Å². The SMILES string of the molecule is Cc1ccc2nc3n(c2c1)C(=O)CS3. The lowest BCUT2D eigenvalue weighted by Gasteiger charge is -1.96. The minimum absolute atomic E-state index is 0.137. The lowest BCUT2D eigenvalue weighted by Crippen LogP contribution is -2.06. The second kappa shape index (κ2) is 2.60. The first-order chi connectivity index (χ1) is 6.75. The van der Waals surface area contributed by atoms with Crippen LogP contribution in [0.5, 0.6) is 0 Å². The van der Waals surface area contributed by atoms with E-state index < -0.39 is 0 Å². The Morgan fingerprint density at radius 1 is 1.50 bits per heavy atom. The van der Waals surface area contributed by atoms with E-state index in [-0.39, 0.29) is 5.91 Å². The number of nitrogens with zero attached hydrogens (tertiary/aromatic N) is 2. The van der Waals surface area contributed by atoms with Crippen molar-refractivity contribution in [2.45, 2.75) is 12.1 Å². The molecule has 0 radical (unpaired) electrons. The summed E-state index contributed by atoms with van der Waals surface area (Å²) >= 11 is 1.51. The number of aromatic nitrogens is 2. The highest BCUT2D eigenvalue weighted by Crippen LogP contribution is 2.29. The zero-order chi connectivity index (χ0) is 9.71. The normalized spacial score (nSPS) is 15.1. The van der Waals surface area contributed by atoms with Crippen molar-refractivity contribution in [1.29, 1.82) is 0 Å². The van der Waals surface area contributed by atoms with Crippen LogP contribution in [0.15, 0.2) is 23.4 Å². The van der Waals surface area contributed by atoms with Crippen LogP contribution in [0.1, 0.15) is 10.4 Å². The molecule has 0 N–H and O–H groups in total. The van der Waals surface area contributed by atoms with E-state index in [2.05, 4.69) is 4.98 Å². The summed E-state index contributed by atoms with van der Waals surface area (Å²) in [6, 6.07) is 5.99. The smallest absolute Gasteiger partial charge is 0.243 e. The van der Waals surface area contributed by atoms with Crippen LogP contribution < -0.4 is 0 Å². The summed E-state index contributed by atoms with van der Waals surface area (Å²) in [6.07, 6.45) is 0. The number of fused-ring (bicyclic) bond motifs is 3. The van der Waals surface area contributed by atoms with Gasteiger partial charge in [0.05, 0.1) is 16.8 Å². The fourth-order valence-corrected chi connectivity index (χ4v) is 2.57. The molecule has 0 saturated carbocycles. The lowest BCUT2D eigenvalue weighted by atomic mass is 10.2. The highest BCUT2D eigenvalue weighted by atomic mass is 32.2.